The molecule has 1 saturated heterocycles. The van der Waals surface area contributed by atoms with Crippen molar-refractivity contribution in [3.05, 3.63) is 29.8 Å². The van der Waals surface area contributed by atoms with Gasteiger partial charge < -0.3 is 10.1 Å². The lowest BCUT2D eigenvalue weighted by Crippen LogP contribution is -2.36. The predicted octanol–water partition coefficient (Wildman–Crippen LogP) is 3.85. The largest absolute Gasteiger partial charge is 0.494 e. The second kappa shape index (κ2) is 6.24. The lowest BCUT2D eigenvalue weighted by Gasteiger charge is -2.30. The highest BCUT2D eigenvalue weighted by Gasteiger charge is 2.33. The third-order valence-corrected chi connectivity index (χ3v) is 3.80. The molecule has 0 amide bonds. The number of hydrogen-bond acceptors (Lipinski definition) is 2. The second-order valence-electron chi connectivity index (χ2n) is 5.24. The van der Waals surface area contributed by atoms with Crippen molar-refractivity contribution in [2.24, 2.45) is 0 Å². The predicted molar refractivity (Wildman–Crippen MR) is 76.1 cm³/mol. The Bertz CT molecular complexity index is 352. The van der Waals surface area contributed by atoms with Crippen LogP contribution in [0.4, 0.5) is 0 Å². The molecule has 1 N–H and O–H groups in total. The molecule has 0 aliphatic carbocycles. The van der Waals surface area contributed by atoms with Gasteiger partial charge in [0.15, 0.2) is 0 Å². The molecule has 1 atom stereocenters. The molecule has 2 rings (SSSR count). The van der Waals surface area contributed by atoms with E-state index >= 15 is 0 Å². The third-order valence-electron chi connectivity index (χ3n) is 3.80. The van der Waals surface area contributed by atoms with E-state index < -0.39 is 0 Å². The van der Waals surface area contributed by atoms with Crippen LogP contribution in [-0.4, -0.2) is 13.2 Å². The minimum Gasteiger partial charge on any atom is -0.494 e. The smallest absolute Gasteiger partial charge is 0.119 e. The quantitative estimate of drug-likeness (QED) is 0.824. The van der Waals surface area contributed by atoms with Gasteiger partial charge in [-0.05, 0) is 49.9 Å². The standard InChI is InChI=1S/C16H25NO/c1-3-10-16(11-5-12-17-16)14-6-8-15(9-7-14)18-13-4-2/h6-9,17H,3-5,10-13H2,1-2H3. The average molecular weight is 247 g/mol. The van der Waals surface area contributed by atoms with Crippen LogP contribution >= 0.6 is 0 Å². The number of rotatable bonds is 6. The molecule has 0 bridgehead atoms. The third kappa shape index (κ3) is 2.86. The van der Waals surface area contributed by atoms with Gasteiger partial charge in [-0.15, -0.1) is 0 Å². The highest BCUT2D eigenvalue weighted by molar-refractivity contribution is 5.32. The molecule has 1 fully saturated rings. The molecule has 2 nitrogen and oxygen atoms in total. The SMILES string of the molecule is CCCOc1ccc(C2(CCC)CCCN2)cc1. The van der Waals surface area contributed by atoms with Crippen LogP contribution in [-0.2, 0) is 5.54 Å². The number of benzene rings is 1. The Morgan fingerprint density at radius 3 is 2.50 bits per heavy atom. The lowest BCUT2D eigenvalue weighted by atomic mass is 9.84. The van der Waals surface area contributed by atoms with E-state index in [2.05, 4.69) is 43.4 Å². The van der Waals surface area contributed by atoms with E-state index in [1.807, 2.05) is 0 Å². The summed E-state index contributed by atoms with van der Waals surface area (Å²) in [6, 6.07) is 8.70. The molecule has 1 heterocycles. The molecule has 1 unspecified atom stereocenters. The first-order valence-corrected chi connectivity index (χ1v) is 7.29. The van der Waals surface area contributed by atoms with Gasteiger partial charge in [0, 0.05) is 5.54 Å². The van der Waals surface area contributed by atoms with E-state index in [0.29, 0.717) is 0 Å². The Hall–Kier alpha value is -1.02. The Balaban J connectivity index is 2.11. The number of hydrogen-bond donors (Lipinski definition) is 1. The van der Waals surface area contributed by atoms with Gasteiger partial charge in [0.05, 0.1) is 6.61 Å². The van der Waals surface area contributed by atoms with Gasteiger partial charge in [0.1, 0.15) is 5.75 Å². The molecule has 0 saturated carbocycles. The molecule has 0 aromatic heterocycles. The van der Waals surface area contributed by atoms with Crippen molar-refractivity contribution in [3.8, 4) is 5.75 Å². The Morgan fingerprint density at radius 2 is 1.94 bits per heavy atom. The molecule has 18 heavy (non-hydrogen) atoms. The van der Waals surface area contributed by atoms with Crippen molar-refractivity contribution in [2.45, 2.75) is 51.5 Å². The maximum absolute atomic E-state index is 5.65. The Kier molecular flexibility index (Phi) is 4.65. The Morgan fingerprint density at radius 1 is 1.17 bits per heavy atom. The van der Waals surface area contributed by atoms with Crippen molar-refractivity contribution in [1.82, 2.24) is 5.32 Å². The summed E-state index contributed by atoms with van der Waals surface area (Å²) in [5.41, 5.74) is 1.64. The molecule has 0 radical (unpaired) electrons. The fourth-order valence-electron chi connectivity index (χ4n) is 2.93. The van der Waals surface area contributed by atoms with E-state index in [-0.39, 0.29) is 5.54 Å². The van der Waals surface area contributed by atoms with Crippen LogP contribution in [0, 0.1) is 0 Å². The first kappa shape index (κ1) is 13.4. The fraction of sp³-hybridized carbons (Fsp3) is 0.625. The van der Waals surface area contributed by atoms with Crippen molar-refractivity contribution < 1.29 is 4.74 Å². The summed E-state index contributed by atoms with van der Waals surface area (Å²) in [5.74, 6) is 0.991. The van der Waals surface area contributed by atoms with E-state index in [0.717, 1.165) is 25.3 Å². The van der Waals surface area contributed by atoms with Crippen molar-refractivity contribution in [3.63, 3.8) is 0 Å². The van der Waals surface area contributed by atoms with E-state index in [9.17, 15) is 0 Å². The normalized spacial score (nSPS) is 23.2. The van der Waals surface area contributed by atoms with Crippen LogP contribution in [0.25, 0.3) is 0 Å². The van der Waals surface area contributed by atoms with Crippen LogP contribution in [0.1, 0.15) is 51.5 Å². The van der Waals surface area contributed by atoms with Gasteiger partial charge in [-0.25, -0.2) is 0 Å². The second-order valence-corrected chi connectivity index (χ2v) is 5.24. The van der Waals surface area contributed by atoms with Crippen LogP contribution in [0.15, 0.2) is 24.3 Å². The van der Waals surface area contributed by atoms with Crippen LogP contribution in [0.2, 0.25) is 0 Å². The first-order chi connectivity index (χ1) is 8.80. The summed E-state index contributed by atoms with van der Waals surface area (Å²) in [4.78, 5) is 0. The summed E-state index contributed by atoms with van der Waals surface area (Å²) in [5, 5.41) is 3.71. The summed E-state index contributed by atoms with van der Waals surface area (Å²) < 4.78 is 5.65. The molecule has 100 valence electrons. The summed E-state index contributed by atoms with van der Waals surface area (Å²) in [6.45, 7) is 6.35. The highest BCUT2D eigenvalue weighted by Crippen LogP contribution is 2.35. The van der Waals surface area contributed by atoms with E-state index in [1.165, 1.54) is 31.2 Å². The maximum atomic E-state index is 5.65. The zero-order chi connectivity index (χ0) is 12.8. The van der Waals surface area contributed by atoms with Crippen LogP contribution < -0.4 is 10.1 Å². The molecule has 1 aliphatic heterocycles. The summed E-state index contributed by atoms with van der Waals surface area (Å²) in [6.07, 6.45) is 6.05. The summed E-state index contributed by atoms with van der Waals surface area (Å²) in [7, 11) is 0. The minimum absolute atomic E-state index is 0.220. The maximum Gasteiger partial charge on any atom is 0.119 e. The van der Waals surface area contributed by atoms with Crippen molar-refractivity contribution >= 4 is 0 Å². The Labute approximate surface area is 111 Å². The molecule has 1 aliphatic rings. The number of nitrogens with one attached hydrogen (secondary N) is 1. The molecule has 0 spiro atoms. The number of ether oxygens (including phenoxy) is 1. The summed E-state index contributed by atoms with van der Waals surface area (Å²) >= 11 is 0. The average Bonchev–Trinajstić information content (AvgIpc) is 2.87. The molecular formula is C16H25NO. The van der Waals surface area contributed by atoms with Crippen molar-refractivity contribution in [1.29, 1.82) is 0 Å². The van der Waals surface area contributed by atoms with Crippen LogP contribution in [0.3, 0.4) is 0 Å². The van der Waals surface area contributed by atoms with Gasteiger partial charge in [-0.1, -0.05) is 32.4 Å². The van der Waals surface area contributed by atoms with E-state index in [1.54, 1.807) is 0 Å². The molecular weight excluding hydrogens is 222 g/mol. The fourth-order valence-corrected chi connectivity index (χ4v) is 2.93. The van der Waals surface area contributed by atoms with Crippen LogP contribution in [0.5, 0.6) is 5.75 Å². The van der Waals surface area contributed by atoms with Gasteiger partial charge in [-0.3, -0.25) is 0 Å². The molecule has 2 heteroatoms. The zero-order valence-corrected chi connectivity index (χ0v) is 11.7. The van der Waals surface area contributed by atoms with Gasteiger partial charge in [0.25, 0.3) is 0 Å². The zero-order valence-electron chi connectivity index (χ0n) is 11.7. The monoisotopic (exact) mass is 247 g/mol. The van der Waals surface area contributed by atoms with Gasteiger partial charge in [-0.2, -0.15) is 0 Å². The molecule has 1 aromatic carbocycles. The topological polar surface area (TPSA) is 21.3 Å². The van der Waals surface area contributed by atoms with E-state index in [4.69, 9.17) is 4.74 Å². The molecule has 1 aromatic rings. The minimum atomic E-state index is 0.220. The van der Waals surface area contributed by atoms with Crippen molar-refractivity contribution in [2.75, 3.05) is 13.2 Å². The lowest BCUT2D eigenvalue weighted by molar-refractivity contribution is 0.316. The first-order valence-electron chi connectivity index (χ1n) is 7.29. The highest BCUT2D eigenvalue weighted by atomic mass is 16.5. The van der Waals surface area contributed by atoms with Gasteiger partial charge >= 0.3 is 0 Å². The van der Waals surface area contributed by atoms with Gasteiger partial charge in [0.2, 0.25) is 0 Å².